The Morgan fingerprint density at radius 1 is 0.370 bits per heavy atom. The van der Waals surface area contributed by atoms with Crippen molar-refractivity contribution in [3.8, 4) is 0 Å². The number of ether oxygens (including phenoxy) is 1. The molecule has 0 radical (unpaired) electrons. The van der Waals surface area contributed by atoms with Crippen molar-refractivity contribution in [1.29, 1.82) is 0 Å². The van der Waals surface area contributed by atoms with E-state index < -0.39 is 12.1 Å². The summed E-state index contributed by atoms with van der Waals surface area (Å²) in [7, 11) is 0. The van der Waals surface area contributed by atoms with E-state index in [1.165, 1.54) is 308 Å². The van der Waals surface area contributed by atoms with Gasteiger partial charge in [0.15, 0.2) is 0 Å². The van der Waals surface area contributed by atoms with Gasteiger partial charge in [-0.15, -0.1) is 0 Å². The summed E-state index contributed by atoms with van der Waals surface area (Å²) in [6.45, 7) is 4.98. The van der Waals surface area contributed by atoms with Gasteiger partial charge >= 0.3 is 5.97 Å². The van der Waals surface area contributed by atoms with Crippen LogP contribution in [0.2, 0.25) is 0 Å². The minimum atomic E-state index is -0.669. The quantitative estimate of drug-likeness (QED) is 0.0320. The number of allylic oxidation sites excluding steroid dienone is 2. The van der Waals surface area contributed by atoms with Crippen LogP contribution >= 0.6 is 0 Å². The van der Waals surface area contributed by atoms with Crippen LogP contribution < -0.4 is 5.32 Å². The molecule has 73 heavy (non-hydrogen) atoms. The van der Waals surface area contributed by atoms with E-state index in [0.717, 1.165) is 38.5 Å². The Morgan fingerprint density at radius 3 is 0.973 bits per heavy atom. The van der Waals surface area contributed by atoms with Gasteiger partial charge in [-0.1, -0.05) is 328 Å². The topological polar surface area (TPSA) is 95.9 Å². The summed E-state index contributed by atoms with van der Waals surface area (Å²) >= 11 is 0. The summed E-state index contributed by atoms with van der Waals surface area (Å²) in [5.41, 5.74) is 0. The molecule has 0 aliphatic rings. The SMILES string of the molecule is CCCCCCCCCCCCCCCCCCCCCC(=O)OCCCCCCCCCCCC/C=C\CCCCCCCCCC(=O)NC(CO)C(O)CCCCCCCCCCCCCCCCCC. The summed E-state index contributed by atoms with van der Waals surface area (Å²) in [5.74, 6) is -0.0255. The number of aliphatic hydroxyl groups excluding tert-OH is 2. The van der Waals surface area contributed by atoms with Gasteiger partial charge in [0, 0.05) is 12.8 Å². The Labute approximate surface area is 457 Å². The molecule has 0 rings (SSSR count). The standard InChI is InChI=1S/C67H131NO5/c1-3-5-7-9-11-13-15-17-19-21-25-29-33-37-41-45-49-53-57-61-67(72)73-62-58-54-50-46-42-38-34-30-27-24-22-23-26-28-32-36-40-44-48-52-56-60-66(71)68-64(63-69)65(70)59-55-51-47-43-39-35-31-20-18-16-14-12-10-8-6-4-2/h23,26,64-65,69-70H,3-22,24-25,27-63H2,1-2H3,(H,68,71)/b26-23-. The minimum Gasteiger partial charge on any atom is -0.466 e. The first kappa shape index (κ1) is 71.6. The van der Waals surface area contributed by atoms with Crippen molar-refractivity contribution >= 4 is 11.9 Å². The van der Waals surface area contributed by atoms with Gasteiger partial charge in [-0.05, 0) is 51.4 Å². The molecule has 0 aromatic rings. The molecule has 6 nitrogen and oxygen atoms in total. The molecule has 2 unspecified atom stereocenters. The van der Waals surface area contributed by atoms with E-state index in [1.807, 2.05) is 0 Å². The maximum atomic E-state index is 12.5. The van der Waals surface area contributed by atoms with E-state index in [2.05, 4.69) is 31.3 Å². The molecular formula is C67H131NO5. The van der Waals surface area contributed by atoms with Crippen molar-refractivity contribution in [3.05, 3.63) is 12.2 Å². The lowest BCUT2D eigenvalue weighted by Gasteiger charge is -2.22. The number of amides is 1. The molecule has 3 N–H and O–H groups in total. The van der Waals surface area contributed by atoms with Crippen LogP contribution in [0, 0.1) is 0 Å². The van der Waals surface area contributed by atoms with Crippen molar-refractivity contribution in [2.24, 2.45) is 0 Å². The Morgan fingerprint density at radius 2 is 0.644 bits per heavy atom. The molecule has 0 aliphatic carbocycles. The largest absolute Gasteiger partial charge is 0.466 e. The first-order valence-electron chi connectivity index (χ1n) is 33.4. The van der Waals surface area contributed by atoms with Crippen molar-refractivity contribution in [2.75, 3.05) is 13.2 Å². The van der Waals surface area contributed by atoms with E-state index >= 15 is 0 Å². The fourth-order valence-corrected chi connectivity index (χ4v) is 10.7. The van der Waals surface area contributed by atoms with Crippen LogP contribution in [0.25, 0.3) is 0 Å². The molecule has 0 aromatic carbocycles. The van der Waals surface area contributed by atoms with Gasteiger partial charge in [0.2, 0.25) is 5.91 Å². The van der Waals surface area contributed by atoms with Crippen LogP contribution in [0.1, 0.15) is 380 Å². The number of rotatable bonds is 63. The summed E-state index contributed by atoms with van der Waals surface area (Å²) in [6.07, 6.45) is 76.6. The van der Waals surface area contributed by atoms with Crippen molar-refractivity contribution in [1.82, 2.24) is 5.32 Å². The highest BCUT2D eigenvalue weighted by atomic mass is 16.5. The Balaban J connectivity index is 3.39. The number of nitrogens with one attached hydrogen (secondary N) is 1. The van der Waals surface area contributed by atoms with Crippen LogP contribution in [-0.2, 0) is 14.3 Å². The first-order valence-corrected chi connectivity index (χ1v) is 33.4. The van der Waals surface area contributed by atoms with Gasteiger partial charge in [0.25, 0.3) is 0 Å². The van der Waals surface area contributed by atoms with Crippen molar-refractivity contribution in [3.63, 3.8) is 0 Å². The lowest BCUT2D eigenvalue weighted by Crippen LogP contribution is -2.45. The number of aliphatic hydroxyl groups is 2. The van der Waals surface area contributed by atoms with Crippen molar-refractivity contribution < 1.29 is 24.5 Å². The zero-order chi connectivity index (χ0) is 52.9. The monoisotopic (exact) mass is 1030 g/mol. The first-order chi connectivity index (χ1) is 36.0. The lowest BCUT2D eigenvalue weighted by molar-refractivity contribution is -0.143. The van der Waals surface area contributed by atoms with E-state index in [1.54, 1.807) is 0 Å². The summed E-state index contributed by atoms with van der Waals surface area (Å²) in [6, 6.07) is -0.547. The predicted molar refractivity (Wildman–Crippen MR) is 320 cm³/mol. The number of carbonyl (C=O) groups excluding carboxylic acids is 2. The van der Waals surface area contributed by atoms with Crippen LogP contribution in [0.5, 0.6) is 0 Å². The van der Waals surface area contributed by atoms with E-state index in [9.17, 15) is 19.8 Å². The van der Waals surface area contributed by atoms with E-state index in [-0.39, 0.29) is 18.5 Å². The third-order valence-electron chi connectivity index (χ3n) is 15.8. The molecule has 0 aliphatic heterocycles. The Kier molecular flexibility index (Phi) is 61.9. The summed E-state index contributed by atoms with van der Waals surface area (Å²) in [5, 5.41) is 23.3. The van der Waals surface area contributed by atoms with Crippen molar-refractivity contribution in [2.45, 2.75) is 392 Å². The molecule has 0 aromatic heterocycles. The molecule has 6 heteroatoms. The molecule has 0 spiro atoms. The highest BCUT2D eigenvalue weighted by Gasteiger charge is 2.20. The fourth-order valence-electron chi connectivity index (χ4n) is 10.7. The second-order valence-electron chi connectivity index (χ2n) is 23.2. The smallest absolute Gasteiger partial charge is 0.305 e. The van der Waals surface area contributed by atoms with Gasteiger partial charge in [-0.25, -0.2) is 0 Å². The normalized spacial score (nSPS) is 12.5. The number of unbranched alkanes of at least 4 members (excludes halogenated alkanes) is 50. The maximum absolute atomic E-state index is 12.5. The van der Waals surface area contributed by atoms with Crippen LogP contribution in [-0.4, -0.2) is 47.4 Å². The lowest BCUT2D eigenvalue weighted by atomic mass is 10.0. The van der Waals surface area contributed by atoms with Gasteiger partial charge < -0.3 is 20.3 Å². The van der Waals surface area contributed by atoms with E-state index in [0.29, 0.717) is 25.9 Å². The second kappa shape index (κ2) is 63.1. The number of carbonyl (C=O) groups is 2. The molecule has 0 fully saturated rings. The average Bonchev–Trinajstić information content (AvgIpc) is 3.39. The summed E-state index contributed by atoms with van der Waals surface area (Å²) in [4.78, 5) is 24.6. The molecular weight excluding hydrogens is 899 g/mol. The minimum absolute atomic E-state index is 0.0140. The predicted octanol–water partition coefficient (Wildman–Crippen LogP) is 21.2. The number of hydrogen-bond acceptors (Lipinski definition) is 5. The number of esters is 1. The highest BCUT2D eigenvalue weighted by molar-refractivity contribution is 5.76. The zero-order valence-electron chi connectivity index (χ0n) is 49.6. The van der Waals surface area contributed by atoms with Crippen LogP contribution in [0.4, 0.5) is 0 Å². The van der Waals surface area contributed by atoms with Crippen LogP contribution in [0.15, 0.2) is 12.2 Å². The molecule has 0 saturated carbocycles. The number of hydrogen-bond donors (Lipinski definition) is 3. The Hall–Kier alpha value is -1.40. The fraction of sp³-hybridized carbons (Fsp3) is 0.940. The molecule has 434 valence electrons. The molecule has 0 bridgehead atoms. The maximum Gasteiger partial charge on any atom is 0.305 e. The Bertz CT molecular complexity index is 1100. The van der Waals surface area contributed by atoms with Gasteiger partial charge in [-0.3, -0.25) is 9.59 Å². The summed E-state index contributed by atoms with van der Waals surface area (Å²) < 4.78 is 5.51. The van der Waals surface area contributed by atoms with Gasteiger partial charge in [-0.2, -0.15) is 0 Å². The third kappa shape index (κ3) is 59.7. The zero-order valence-corrected chi connectivity index (χ0v) is 49.6. The second-order valence-corrected chi connectivity index (χ2v) is 23.2. The molecule has 0 saturated heterocycles. The van der Waals surface area contributed by atoms with Gasteiger partial charge in [0.1, 0.15) is 0 Å². The molecule has 0 heterocycles. The van der Waals surface area contributed by atoms with E-state index in [4.69, 9.17) is 4.74 Å². The molecule has 2 atom stereocenters. The average molecular weight is 1030 g/mol. The highest BCUT2D eigenvalue weighted by Crippen LogP contribution is 2.19. The third-order valence-corrected chi connectivity index (χ3v) is 15.8. The van der Waals surface area contributed by atoms with Crippen LogP contribution in [0.3, 0.4) is 0 Å². The van der Waals surface area contributed by atoms with Gasteiger partial charge in [0.05, 0.1) is 25.4 Å². The molecule has 1 amide bonds.